The molecular weight excluding hydrogens is 278 g/mol. The Morgan fingerprint density at radius 2 is 2.05 bits per heavy atom. The monoisotopic (exact) mass is 298 g/mol. The Morgan fingerprint density at radius 1 is 1.30 bits per heavy atom. The van der Waals surface area contributed by atoms with Gasteiger partial charge in [0.1, 0.15) is 5.52 Å². The summed E-state index contributed by atoms with van der Waals surface area (Å²) in [6, 6.07) is 2.66. The lowest BCUT2D eigenvalue weighted by Gasteiger charge is -2.16. The van der Waals surface area contributed by atoms with Crippen molar-refractivity contribution in [3.05, 3.63) is 28.5 Å². The normalized spacial score (nSPS) is 13.0. The van der Waals surface area contributed by atoms with Crippen LogP contribution in [0.4, 0.5) is 8.78 Å². The number of hydrogen-bond acceptors (Lipinski definition) is 1. The fraction of sp³-hybridized carbons (Fsp3) is 0.533. The van der Waals surface area contributed by atoms with Gasteiger partial charge in [0.15, 0.2) is 16.4 Å². The Balaban J connectivity index is 2.40. The first-order valence-electron chi connectivity index (χ1n) is 7.15. The Kier molecular flexibility index (Phi) is 4.91. The van der Waals surface area contributed by atoms with Crippen LogP contribution in [0.3, 0.4) is 0 Å². The van der Waals surface area contributed by atoms with Crippen molar-refractivity contribution >= 4 is 23.3 Å². The molecule has 2 rings (SSSR count). The highest BCUT2D eigenvalue weighted by Gasteiger charge is 2.16. The van der Waals surface area contributed by atoms with Gasteiger partial charge in [0.05, 0.1) is 5.52 Å². The molecule has 5 heteroatoms. The SMILES string of the molecule is CCCCC(CC)Cn1c(=S)[nH]c2ccc(F)c(F)c21. The molecule has 0 bridgehead atoms. The van der Waals surface area contributed by atoms with E-state index in [1.54, 1.807) is 4.57 Å². The highest BCUT2D eigenvalue weighted by atomic mass is 32.1. The molecule has 0 aliphatic rings. The van der Waals surface area contributed by atoms with Crippen molar-refractivity contribution in [3.8, 4) is 0 Å². The third kappa shape index (κ3) is 2.92. The van der Waals surface area contributed by atoms with Crippen LogP contribution in [0.5, 0.6) is 0 Å². The molecular formula is C15H20F2N2S. The molecule has 1 aromatic heterocycles. The predicted molar refractivity (Wildman–Crippen MR) is 80.3 cm³/mol. The van der Waals surface area contributed by atoms with Gasteiger partial charge in [0.2, 0.25) is 0 Å². The number of unbranched alkanes of at least 4 members (excludes halogenated alkanes) is 1. The second-order valence-electron chi connectivity index (χ2n) is 5.21. The maximum Gasteiger partial charge on any atom is 0.184 e. The lowest BCUT2D eigenvalue weighted by atomic mass is 9.99. The number of imidazole rings is 1. The van der Waals surface area contributed by atoms with Gasteiger partial charge in [-0.15, -0.1) is 0 Å². The van der Waals surface area contributed by atoms with Crippen molar-refractivity contribution in [2.45, 2.75) is 46.1 Å². The van der Waals surface area contributed by atoms with Gasteiger partial charge in [0, 0.05) is 6.54 Å². The molecule has 0 amide bonds. The van der Waals surface area contributed by atoms with E-state index >= 15 is 0 Å². The predicted octanol–water partition coefficient (Wildman–Crippen LogP) is 5.19. The lowest BCUT2D eigenvalue weighted by Crippen LogP contribution is -2.11. The van der Waals surface area contributed by atoms with E-state index in [4.69, 9.17) is 12.2 Å². The summed E-state index contributed by atoms with van der Waals surface area (Å²) in [6.45, 7) is 4.91. The average Bonchev–Trinajstić information content (AvgIpc) is 2.75. The van der Waals surface area contributed by atoms with E-state index in [0.717, 1.165) is 31.7 Å². The molecule has 0 aliphatic carbocycles. The molecule has 20 heavy (non-hydrogen) atoms. The molecule has 0 spiro atoms. The number of halogens is 2. The van der Waals surface area contributed by atoms with E-state index in [1.807, 2.05) is 0 Å². The van der Waals surface area contributed by atoms with Crippen LogP contribution in [0.2, 0.25) is 0 Å². The summed E-state index contributed by atoms with van der Waals surface area (Å²) < 4.78 is 29.6. The van der Waals surface area contributed by atoms with E-state index in [0.29, 0.717) is 22.8 Å². The summed E-state index contributed by atoms with van der Waals surface area (Å²) in [5.41, 5.74) is 0.809. The molecule has 2 aromatic rings. The molecule has 0 radical (unpaired) electrons. The minimum absolute atomic E-state index is 0.255. The average molecular weight is 298 g/mol. The third-order valence-corrected chi connectivity index (χ3v) is 4.13. The molecule has 0 saturated carbocycles. The quantitative estimate of drug-likeness (QED) is 0.727. The van der Waals surface area contributed by atoms with Crippen LogP contribution in [-0.4, -0.2) is 9.55 Å². The smallest absolute Gasteiger partial charge is 0.184 e. The fourth-order valence-electron chi connectivity index (χ4n) is 2.54. The summed E-state index contributed by atoms with van der Waals surface area (Å²) in [5.74, 6) is -1.22. The summed E-state index contributed by atoms with van der Waals surface area (Å²) in [5, 5.41) is 0. The number of benzene rings is 1. The molecule has 1 atom stereocenters. The maximum absolute atomic E-state index is 14.0. The first kappa shape index (κ1) is 15.2. The highest BCUT2D eigenvalue weighted by Crippen LogP contribution is 2.23. The van der Waals surface area contributed by atoms with E-state index in [2.05, 4.69) is 18.8 Å². The Morgan fingerprint density at radius 3 is 2.70 bits per heavy atom. The van der Waals surface area contributed by atoms with Gasteiger partial charge in [-0.2, -0.15) is 0 Å². The largest absolute Gasteiger partial charge is 0.330 e. The zero-order valence-electron chi connectivity index (χ0n) is 11.9. The van der Waals surface area contributed by atoms with Crippen LogP contribution in [0, 0.1) is 22.3 Å². The molecule has 0 saturated heterocycles. The Hall–Kier alpha value is -1.23. The highest BCUT2D eigenvalue weighted by molar-refractivity contribution is 7.71. The van der Waals surface area contributed by atoms with Crippen molar-refractivity contribution in [2.75, 3.05) is 0 Å². The molecule has 1 N–H and O–H groups in total. The summed E-state index contributed by atoms with van der Waals surface area (Å²) in [4.78, 5) is 2.95. The number of H-pyrrole nitrogens is 1. The first-order valence-corrected chi connectivity index (χ1v) is 7.55. The van der Waals surface area contributed by atoms with Crippen LogP contribution < -0.4 is 0 Å². The second kappa shape index (κ2) is 6.48. The van der Waals surface area contributed by atoms with Gasteiger partial charge in [0.25, 0.3) is 0 Å². The number of rotatable bonds is 6. The van der Waals surface area contributed by atoms with Gasteiger partial charge in [-0.25, -0.2) is 8.78 Å². The number of hydrogen-bond donors (Lipinski definition) is 1. The van der Waals surface area contributed by atoms with Crippen molar-refractivity contribution in [3.63, 3.8) is 0 Å². The van der Waals surface area contributed by atoms with Gasteiger partial charge in [-0.3, -0.25) is 0 Å². The fourth-order valence-corrected chi connectivity index (χ4v) is 2.81. The number of aromatic nitrogens is 2. The summed E-state index contributed by atoms with van der Waals surface area (Å²) in [7, 11) is 0. The van der Waals surface area contributed by atoms with Crippen molar-refractivity contribution < 1.29 is 8.78 Å². The minimum Gasteiger partial charge on any atom is -0.330 e. The molecule has 110 valence electrons. The van der Waals surface area contributed by atoms with Crippen molar-refractivity contribution in [1.82, 2.24) is 9.55 Å². The molecule has 2 nitrogen and oxygen atoms in total. The van der Waals surface area contributed by atoms with E-state index in [1.165, 1.54) is 6.07 Å². The van der Waals surface area contributed by atoms with E-state index < -0.39 is 11.6 Å². The van der Waals surface area contributed by atoms with E-state index in [-0.39, 0.29) is 5.52 Å². The first-order chi connectivity index (χ1) is 9.58. The molecule has 1 aromatic carbocycles. The standard InChI is InChI=1S/C15H20F2N2S/c1-3-5-6-10(4-2)9-19-14-12(18-15(19)20)8-7-11(16)13(14)17/h7-8,10H,3-6,9H2,1-2H3,(H,18,20). The van der Waals surface area contributed by atoms with Crippen molar-refractivity contribution in [2.24, 2.45) is 5.92 Å². The molecule has 0 fully saturated rings. The van der Waals surface area contributed by atoms with Gasteiger partial charge >= 0.3 is 0 Å². The summed E-state index contributed by atoms with van der Waals surface area (Å²) >= 11 is 5.25. The van der Waals surface area contributed by atoms with Crippen LogP contribution in [0.25, 0.3) is 11.0 Å². The van der Waals surface area contributed by atoms with Crippen LogP contribution in [-0.2, 0) is 6.54 Å². The van der Waals surface area contributed by atoms with Gasteiger partial charge < -0.3 is 9.55 Å². The lowest BCUT2D eigenvalue weighted by molar-refractivity contribution is 0.391. The minimum atomic E-state index is -0.832. The third-order valence-electron chi connectivity index (χ3n) is 3.81. The zero-order valence-corrected chi connectivity index (χ0v) is 12.7. The van der Waals surface area contributed by atoms with Gasteiger partial charge in [-0.05, 0) is 36.7 Å². The Labute approximate surface area is 122 Å². The maximum atomic E-state index is 14.0. The van der Waals surface area contributed by atoms with Crippen molar-refractivity contribution in [1.29, 1.82) is 0 Å². The van der Waals surface area contributed by atoms with Crippen LogP contribution >= 0.6 is 12.2 Å². The van der Waals surface area contributed by atoms with Crippen LogP contribution in [0.15, 0.2) is 12.1 Å². The zero-order chi connectivity index (χ0) is 14.7. The topological polar surface area (TPSA) is 20.7 Å². The number of fused-ring (bicyclic) bond motifs is 1. The number of nitrogens with zero attached hydrogens (tertiary/aromatic N) is 1. The Bertz CT molecular complexity index is 645. The number of aromatic amines is 1. The van der Waals surface area contributed by atoms with Gasteiger partial charge in [-0.1, -0.05) is 33.1 Å². The second-order valence-corrected chi connectivity index (χ2v) is 5.60. The number of nitrogens with one attached hydrogen (secondary N) is 1. The molecule has 1 unspecified atom stereocenters. The summed E-state index contributed by atoms with van der Waals surface area (Å²) in [6.07, 6.45) is 4.37. The molecule has 0 aliphatic heterocycles. The van der Waals surface area contributed by atoms with Crippen LogP contribution in [0.1, 0.15) is 39.5 Å². The van der Waals surface area contributed by atoms with E-state index in [9.17, 15) is 8.78 Å². The molecule has 1 heterocycles.